The number of hydrogen-bond acceptors (Lipinski definition) is 5. The molecule has 3 rings (SSSR count). The van der Waals surface area contributed by atoms with Crippen molar-refractivity contribution in [2.75, 3.05) is 18.0 Å². The van der Waals surface area contributed by atoms with E-state index in [1.54, 1.807) is 17.7 Å². The Labute approximate surface area is 115 Å². The predicted octanol–water partition coefficient (Wildman–Crippen LogP) is 3.14. The van der Waals surface area contributed by atoms with Crippen molar-refractivity contribution in [1.29, 1.82) is 0 Å². The summed E-state index contributed by atoms with van der Waals surface area (Å²) in [4.78, 5) is 11.2. The van der Waals surface area contributed by atoms with Gasteiger partial charge in [-0.05, 0) is 25.1 Å². The van der Waals surface area contributed by atoms with E-state index >= 15 is 0 Å². The Morgan fingerprint density at radius 1 is 1.17 bits per heavy atom. The fourth-order valence-corrected chi connectivity index (χ4v) is 3.72. The van der Waals surface area contributed by atoms with Gasteiger partial charge < -0.3 is 9.47 Å². The van der Waals surface area contributed by atoms with Crippen molar-refractivity contribution in [3.05, 3.63) is 10.3 Å². The molecule has 1 aliphatic rings. The average Bonchev–Trinajstić information content (AvgIpc) is 2.61. The van der Waals surface area contributed by atoms with Crippen LogP contribution in [0.3, 0.4) is 0 Å². The lowest BCUT2D eigenvalue weighted by Gasteiger charge is -2.21. The molecule has 0 aromatic carbocycles. The molecule has 1 aliphatic heterocycles. The molecule has 2 aromatic heterocycles. The van der Waals surface area contributed by atoms with Crippen LogP contribution in [-0.4, -0.2) is 27.6 Å². The number of rotatable bonds is 1. The third-order valence-electron chi connectivity index (χ3n) is 3.45. The summed E-state index contributed by atoms with van der Waals surface area (Å²) in [6, 6.07) is 0. The first-order valence-corrected chi connectivity index (χ1v) is 7.55. The van der Waals surface area contributed by atoms with Crippen molar-refractivity contribution in [3.8, 4) is 0 Å². The van der Waals surface area contributed by atoms with Crippen LogP contribution in [0, 0.1) is 3.95 Å². The summed E-state index contributed by atoms with van der Waals surface area (Å²) in [5.74, 6) is 1.07. The molecule has 0 unspecified atom stereocenters. The lowest BCUT2D eigenvalue weighted by Crippen LogP contribution is -2.25. The molecule has 3 heterocycles. The van der Waals surface area contributed by atoms with Gasteiger partial charge in [0.1, 0.15) is 11.0 Å². The van der Waals surface area contributed by atoms with Crippen molar-refractivity contribution >= 4 is 39.7 Å². The highest BCUT2D eigenvalue weighted by Crippen LogP contribution is 2.30. The van der Waals surface area contributed by atoms with E-state index in [0.29, 0.717) is 0 Å². The maximum atomic E-state index is 5.34. The van der Waals surface area contributed by atoms with Gasteiger partial charge in [-0.1, -0.05) is 24.2 Å². The van der Waals surface area contributed by atoms with Gasteiger partial charge in [-0.25, -0.2) is 9.97 Å². The Morgan fingerprint density at radius 3 is 2.61 bits per heavy atom. The third kappa shape index (κ3) is 2.03. The highest BCUT2D eigenvalue weighted by molar-refractivity contribution is 7.73. The molecule has 0 radical (unpaired) electrons. The Kier molecular flexibility index (Phi) is 3.30. The number of thiazole rings is 1. The normalized spacial score (nSPS) is 17.1. The van der Waals surface area contributed by atoms with Crippen molar-refractivity contribution in [3.63, 3.8) is 0 Å². The highest BCUT2D eigenvalue weighted by Gasteiger charge is 2.16. The molecule has 4 nitrogen and oxygen atoms in total. The average molecular weight is 280 g/mol. The van der Waals surface area contributed by atoms with Crippen molar-refractivity contribution in [2.45, 2.75) is 25.7 Å². The van der Waals surface area contributed by atoms with Crippen molar-refractivity contribution in [1.82, 2.24) is 14.5 Å². The van der Waals surface area contributed by atoms with E-state index in [1.807, 2.05) is 11.6 Å². The second kappa shape index (κ2) is 4.93. The summed E-state index contributed by atoms with van der Waals surface area (Å²) in [5.41, 5.74) is 0.958. The van der Waals surface area contributed by atoms with Gasteiger partial charge in [0, 0.05) is 20.1 Å². The molecule has 1 fully saturated rings. The number of aryl methyl sites for hydroxylation is 1. The number of hydrogen-bond donors (Lipinski definition) is 0. The van der Waals surface area contributed by atoms with Gasteiger partial charge in [-0.3, -0.25) is 0 Å². The zero-order valence-corrected chi connectivity index (χ0v) is 12.1. The molecule has 6 heteroatoms. The number of aromatic nitrogens is 3. The van der Waals surface area contributed by atoms with E-state index in [1.165, 1.54) is 25.7 Å². The lowest BCUT2D eigenvalue weighted by molar-refractivity contribution is 0.726. The highest BCUT2D eigenvalue weighted by atomic mass is 32.1. The summed E-state index contributed by atoms with van der Waals surface area (Å²) in [6.07, 6.45) is 6.82. The van der Waals surface area contributed by atoms with E-state index in [9.17, 15) is 0 Å². The van der Waals surface area contributed by atoms with Gasteiger partial charge >= 0.3 is 0 Å². The van der Waals surface area contributed by atoms with Crippen LogP contribution in [0.15, 0.2) is 6.33 Å². The largest absolute Gasteiger partial charge is 0.355 e. The molecule has 0 saturated carbocycles. The van der Waals surface area contributed by atoms with Crippen LogP contribution in [-0.2, 0) is 7.05 Å². The minimum Gasteiger partial charge on any atom is -0.355 e. The summed E-state index contributed by atoms with van der Waals surface area (Å²) >= 11 is 6.95. The van der Waals surface area contributed by atoms with Crippen LogP contribution in [0.1, 0.15) is 25.7 Å². The van der Waals surface area contributed by atoms with Crippen LogP contribution < -0.4 is 4.90 Å². The van der Waals surface area contributed by atoms with Gasteiger partial charge in [0.2, 0.25) is 0 Å². The van der Waals surface area contributed by atoms with Crippen LogP contribution in [0.2, 0.25) is 0 Å². The Bertz CT molecular complexity index is 608. The maximum absolute atomic E-state index is 5.34. The summed E-state index contributed by atoms with van der Waals surface area (Å²) < 4.78 is 3.96. The van der Waals surface area contributed by atoms with E-state index in [4.69, 9.17) is 12.2 Å². The van der Waals surface area contributed by atoms with Gasteiger partial charge in [-0.15, -0.1) is 0 Å². The van der Waals surface area contributed by atoms with Gasteiger partial charge in [0.25, 0.3) is 0 Å². The monoisotopic (exact) mass is 280 g/mol. The molecular formula is C12H16N4S2. The summed E-state index contributed by atoms with van der Waals surface area (Å²) in [6.45, 7) is 2.20. The molecule has 1 saturated heterocycles. The van der Waals surface area contributed by atoms with Crippen molar-refractivity contribution < 1.29 is 0 Å². The SMILES string of the molecule is Cn1c(=S)sc2c(N3CCCCCC3)ncnc21. The third-order valence-corrected chi connectivity index (χ3v) is 4.99. The second-order valence-electron chi connectivity index (χ2n) is 4.68. The van der Waals surface area contributed by atoms with Crippen LogP contribution in [0.25, 0.3) is 10.3 Å². The zero-order chi connectivity index (χ0) is 12.5. The number of nitrogens with zero attached hydrogens (tertiary/aromatic N) is 4. The van der Waals surface area contributed by atoms with Crippen LogP contribution >= 0.6 is 23.6 Å². The minimum atomic E-state index is 0.863. The van der Waals surface area contributed by atoms with E-state index in [2.05, 4.69) is 14.9 Å². The van der Waals surface area contributed by atoms with Gasteiger partial charge in [-0.2, -0.15) is 0 Å². The molecule has 0 aliphatic carbocycles. The van der Waals surface area contributed by atoms with E-state index in [-0.39, 0.29) is 0 Å². The first kappa shape index (κ1) is 12.0. The molecule has 0 amide bonds. The van der Waals surface area contributed by atoms with E-state index in [0.717, 1.165) is 33.2 Å². The fraction of sp³-hybridized carbons (Fsp3) is 0.583. The minimum absolute atomic E-state index is 0.863. The Hall–Kier alpha value is -1.01. The Morgan fingerprint density at radius 2 is 1.89 bits per heavy atom. The fourth-order valence-electron chi connectivity index (χ4n) is 2.44. The quantitative estimate of drug-likeness (QED) is 0.752. The predicted molar refractivity (Wildman–Crippen MR) is 77.9 cm³/mol. The Balaban J connectivity index is 2.10. The summed E-state index contributed by atoms with van der Waals surface area (Å²) in [7, 11) is 1.97. The molecule has 0 atom stereocenters. The molecule has 0 spiro atoms. The van der Waals surface area contributed by atoms with Crippen LogP contribution in [0.4, 0.5) is 5.82 Å². The second-order valence-corrected chi connectivity index (χ2v) is 6.32. The molecule has 0 bridgehead atoms. The maximum Gasteiger partial charge on any atom is 0.163 e. The molecule has 96 valence electrons. The first-order chi connectivity index (χ1) is 8.77. The van der Waals surface area contributed by atoms with E-state index < -0.39 is 0 Å². The van der Waals surface area contributed by atoms with Crippen LogP contribution in [0.5, 0.6) is 0 Å². The number of fused-ring (bicyclic) bond motifs is 1. The molecular weight excluding hydrogens is 264 g/mol. The first-order valence-electron chi connectivity index (χ1n) is 6.33. The lowest BCUT2D eigenvalue weighted by atomic mass is 10.2. The van der Waals surface area contributed by atoms with Crippen molar-refractivity contribution in [2.24, 2.45) is 7.05 Å². The zero-order valence-electron chi connectivity index (χ0n) is 10.4. The smallest absolute Gasteiger partial charge is 0.163 e. The molecule has 2 aromatic rings. The molecule has 18 heavy (non-hydrogen) atoms. The molecule has 0 N–H and O–H groups in total. The topological polar surface area (TPSA) is 34.0 Å². The summed E-state index contributed by atoms with van der Waals surface area (Å²) in [5, 5.41) is 0. The van der Waals surface area contributed by atoms with Gasteiger partial charge in [0.15, 0.2) is 15.4 Å². The number of anilines is 1. The standard InChI is InChI=1S/C12H16N4S2/c1-15-10-9(18-12(15)17)11(14-8-13-10)16-6-4-2-3-5-7-16/h8H,2-7H2,1H3. The van der Waals surface area contributed by atoms with Gasteiger partial charge in [0.05, 0.1) is 0 Å².